The molecule has 9 aromatic carbocycles. The van der Waals surface area contributed by atoms with Gasteiger partial charge in [-0.05, 0) is 103 Å². The summed E-state index contributed by atoms with van der Waals surface area (Å²) in [4.78, 5) is 0. The van der Waals surface area contributed by atoms with Gasteiger partial charge in [-0.3, -0.25) is 0 Å². The van der Waals surface area contributed by atoms with Crippen molar-refractivity contribution < 1.29 is 0 Å². The Labute approximate surface area is 286 Å². The average molecular weight is 642 g/mol. The highest BCUT2D eigenvalue weighted by molar-refractivity contribution is 7.15. The van der Waals surface area contributed by atoms with Gasteiger partial charge in [0.15, 0.2) is 0 Å². The minimum Gasteiger partial charge on any atom is -0.325 e. The van der Waals surface area contributed by atoms with Gasteiger partial charge < -0.3 is 4.34 Å². The van der Waals surface area contributed by atoms with Crippen LogP contribution in [0.2, 0.25) is 0 Å². The normalized spacial score (nSPS) is 14.4. The molecule has 230 valence electrons. The number of benzene rings is 7. The van der Waals surface area contributed by atoms with Gasteiger partial charge in [-0.1, -0.05) is 147 Å². The molecular weight excluding hydrogens is 609 g/mol. The lowest BCUT2D eigenvalue weighted by atomic mass is 9.87. The Hall–Kier alpha value is -5.49. The summed E-state index contributed by atoms with van der Waals surface area (Å²) >= 11 is 0. The summed E-state index contributed by atoms with van der Waals surface area (Å²) in [5.41, 5.74) is 8.89. The van der Waals surface area contributed by atoms with E-state index in [1.54, 1.807) is 0 Å². The third-order valence-corrected chi connectivity index (χ3v) is 11.7. The van der Waals surface area contributed by atoms with E-state index >= 15 is 0 Å². The monoisotopic (exact) mass is 641 g/mol. The van der Waals surface area contributed by atoms with Gasteiger partial charge in [-0.25, -0.2) is 0 Å². The first-order valence-corrected chi connectivity index (χ1v) is 17.7. The number of hydrogen-bond donors (Lipinski definition) is 0. The van der Waals surface area contributed by atoms with Crippen LogP contribution in [-0.2, 0) is 0 Å². The molecule has 0 amide bonds. The summed E-state index contributed by atoms with van der Waals surface area (Å²) < 4.78 is 2.32. The van der Waals surface area contributed by atoms with Crippen LogP contribution in [0.1, 0.15) is 25.1 Å². The number of fused-ring (bicyclic) bond motifs is 8. The second-order valence-electron chi connectivity index (χ2n) is 14.4. The summed E-state index contributed by atoms with van der Waals surface area (Å²) in [6, 6.07) is 45.5. The molecule has 1 aliphatic carbocycles. The molecular formula is C47H32NP. The highest BCUT2D eigenvalue weighted by atomic mass is 31.0. The number of hydrogen-bond acceptors (Lipinski definition) is 0. The topological polar surface area (TPSA) is 4.93 Å². The fourth-order valence-corrected chi connectivity index (χ4v) is 9.52. The zero-order valence-corrected chi connectivity index (χ0v) is 28.5. The van der Waals surface area contributed by atoms with Crippen LogP contribution in [0.15, 0.2) is 133 Å². The van der Waals surface area contributed by atoms with Crippen molar-refractivity contribution in [3.05, 3.63) is 145 Å². The second-order valence-corrected chi connectivity index (χ2v) is 14.9. The van der Waals surface area contributed by atoms with Crippen molar-refractivity contribution in [3.63, 3.8) is 0 Å². The van der Waals surface area contributed by atoms with Crippen LogP contribution in [0.4, 0.5) is 0 Å². The molecule has 0 N–H and O–H groups in total. The van der Waals surface area contributed by atoms with Crippen molar-refractivity contribution in [2.24, 2.45) is 5.41 Å². The SMILES string of the molecule is CC1(C)C=Cc2c(n(P)c3ccc4c5c(-c6ccccc6)c6c7cccc8cccc(c6c(-c6ccccc6)c5c5ccc2c3c54)c87)C=C1. The molecule has 2 heteroatoms. The van der Waals surface area contributed by atoms with Gasteiger partial charge in [-0.2, -0.15) is 0 Å². The summed E-state index contributed by atoms with van der Waals surface area (Å²) in [6.45, 7) is 4.54. The van der Waals surface area contributed by atoms with Crippen LogP contribution in [-0.4, -0.2) is 4.34 Å². The van der Waals surface area contributed by atoms with E-state index in [9.17, 15) is 0 Å². The average Bonchev–Trinajstić information content (AvgIpc) is 3.58. The van der Waals surface area contributed by atoms with Crippen LogP contribution in [0.25, 0.3) is 110 Å². The van der Waals surface area contributed by atoms with Gasteiger partial charge >= 0.3 is 0 Å². The number of aromatic nitrogens is 1. The maximum Gasteiger partial charge on any atom is 0.0527 e. The van der Waals surface area contributed by atoms with Crippen molar-refractivity contribution in [1.29, 1.82) is 0 Å². The van der Waals surface area contributed by atoms with Crippen LogP contribution in [0.5, 0.6) is 0 Å². The Morgan fingerprint density at radius 3 is 1.55 bits per heavy atom. The molecule has 1 atom stereocenters. The quantitative estimate of drug-likeness (QED) is 0.166. The Kier molecular flexibility index (Phi) is 5.36. The molecule has 0 spiro atoms. The van der Waals surface area contributed by atoms with Crippen molar-refractivity contribution in [2.75, 3.05) is 0 Å². The molecule has 1 unspecified atom stereocenters. The highest BCUT2D eigenvalue weighted by Gasteiger charge is 2.29. The van der Waals surface area contributed by atoms with Gasteiger partial charge in [0.2, 0.25) is 0 Å². The standard InChI is InChI=1S/C47H32NP/c1-47(2)25-23-30-31-19-20-34-41-35(21-22-37(42(31)41)48(49)36(30)24-26-47)46-40(29-13-7-4-8-14-29)44-33-18-10-16-27-15-9-17-32(38(27)33)43(44)39(45(34)46)28-11-5-3-6-12-28/h3-26H,49H2,1-2H3. The van der Waals surface area contributed by atoms with E-state index in [-0.39, 0.29) is 5.41 Å². The van der Waals surface area contributed by atoms with E-state index in [0.717, 1.165) is 0 Å². The predicted octanol–water partition coefficient (Wildman–Crippen LogP) is 13.5. The molecule has 0 aliphatic heterocycles. The van der Waals surface area contributed by atoms with Gasteiger partial charge in [0.05, 0.1) is 11.2 Å². The number of allylic oxidation sites excluding steroid dienone is 2. The van der Waals surface area contributed by atoms with E-state index in [1.165, 1.54) is 109 Å². The molecule has 0 saturated carbocycles. The smallest absolute Gasteiger partial charge is 0.0527 e. The first-order valence-electron chi connectivity index (χ1n) is 17.2. The summed E-state index contributed by atoms with van der Waals surface area (Å²) in [5.74, 6) is 0. The second kappa shape index (κ2) is 9.56. The lowest BCUT2D eigenvalue weighted by Gasteiger charge is -2.18. The molecule has 1 nitrogen and oxygen atoms in total. The summed E-state index contributed by atoms with van der Waals surface area (Å²) in [5, 5.41) is 17.3. The van der Waals surface area contributed by atoms with Crippen LogP contribution >= 0.6 is 9.39 Å². The fourth-order valence-electron chi connectivity index (χ4n) is 9.08. The number of pyridine rings is 1. The minimum absolute atomic E-state index is 0.0156. The molecule has 1 heterocycles. The van der Waals surface area contributed by atoms with Crippen LogP contribution in [0, 0.1) is 5.41 Å². The molecule has 11 rings (SSSR count). The summed E-state index contributed by atoms with van der Waals surface area (Å²) in [6.07, 6.45) is 9.31. The molecule has 1 aliphatic rings. The predicted molar refractivity (Wildman–Crippen MR) is 217 cm³/mol. The highest BCUT2D eigenvalue weighted by Crippen LogP contribution is 2.56. The lowest BCUT2D eigenvalue weighted by Crippen LogP contribution is -2.00. The minimum atomic E-state index is -0.0156. The van der Waals surface area contributed by atoms with Crippen molar-refractivity contribution in [1.82, 2.24) is 4.34 Å². The Morgan fingerprint density at radius 1 is 0.449 bits per heavy atom. The zero-order chi connectivity index (χ0) is 32.6. The van der Waals surface area contributed by atoms with E-state index in [1.807, 2.05) is 0 Å². The van der Waals surface area contributed by atoms with E-state index in [4.69, 9.17) is 0 Å². The van der Waals surface area contributed by atoms with E-state index in [0.29, 0.717) is 0 Å². The Balaban J connectivity index is 1.46. The maximum absolute atomic E-state index is 3.04. The molecule has 0 saturated heterocycles. The van der Waals surface area contributed by atoms with Crippen molar-refractivity contribution in [3.8, 4) is 22.3 Å². The molecule has 1 aromatic heterocycles. The van der Waals surface area contributed by atoms with E-state index < -0.39 is 0 Å². The van der Waals surface area contributed by atoms with Gasteiger partial charge in [0, 0.05) is 21.8 Å². The van der Waals surface area contributed by atoms with Gasteiger partial charge in [-0.15, -0.1) is 0 Å². The van der Waals surface area contributed by atoms with Crippen molar-refractivity contribution in [2.45, 2.75) is 13.8 Å². The number of nitrogens with zero attached hydrogens (tertiary/aromatic N) is 1. The third-order valence-electron chi connectivity index (χ3n) is 11.2. The fraction of sp³-hybridized carbons (Fsp3) is 0.0638. The number of rotatable bonds is 2. The largest absolute Gasteiger partial charge is 0.325 e. The lowest BCUT2D eigenvalue weighted by molar-refractivity contribution is 0.633. The van der Waals surface area contributed by atoms with Gasteiger partial charge in [0.1, 0.15) is 0 Å². The molecule has 0 radical (unpaired) electrons. The third kappa shape index (κ3) is 3.53. The summed E-state index contributed by atoms with van der Waals surface area (Å²) in [7, 11) is 3.04. The first kappa shape index (κ1) is 27.5. The van der Waals surface area contributed by atoms with Crippen molar-refractivity contribution >= 4 is 97.1 Å². The first-order chi connectivity index (χ1) is 24.0. The molecule has 0 bridgehead atoms. The maximum atomic E-state index is 3.04. The van der Waals surface area contributed by atoms with Crippen LogP contribution in [0.3, 0.4) is 0 Å². The zero-order valence-electron chi connectivity index (χ0n) is 27.4. The van der Waals surface area contributed by atoms with Gasteiger partial charge in [0.25, 0.3) is 0 Å². The molecule has 10 aromatic rings. The molecule has 0 fully saturated rings. The Bertz CT molecular complexity index is 2920. The molecule has 49 heavy (non-hydrogen) atoms. The van der Waals surface area contributed by atoms with Crippen LogP contribution < -0.4 is 0 Å². The van der Waals surface area contributed by atoms with E-state index in [2.05, 4.69) is 173 Å². The Morgan fingerprint density at radius 2 is 0.959 bits per heavy atom.